The standard InChI is InChI=1S/C15H18FNO2/c16-12-5-3-4-11(10-12)15(18)17-8-9-19-14-7-2-1-6-13(14)17/h3-5,10,13-14H,1-2,6-9H2/t13-,14+/m1/s1. The van der Waals surface area contributed by atoms with Gasteiger partial charge in [0.15, 0.2) is 0 Å². The highest BCUT2D eigenvalue weighted by Gasteiger charge is 2.36. The second kappa shape index (κ2) is 5.29. The minimum Gasteiger partial charge on any atom is -0.374 e. The van der Waals surface area contributed by atoms with E-state index in [1.54, 1.807) is 12.1 Å². The lowest BCUT2D eigenvalue weighted by Crippen LogP contribution is -2.54. The quantitative estimate of drug-likeness (QED) is 0.779. The molecule has 1 aromatic rings. The second-order valence-electron chi connectivity index (χ2n) is 5.27. The fraction of sp³-hybridized carbons (Fsp3) is 0.533. The molecule has 1 heterocycles. The molecule has 3 rings (SSSR count). The Balaban J connectivity index is 1.82. The molecule has 102 valence electrons. The topological polar surface area (TPSA) is 29.5 Å². The Morgan fingerprint density at radius 3 is 3.00 bits per heavy atom. The second-order valence-corrected chi connectivity index (χ2v) is 5.27. The maximum absolute atomic E-state index is 13.2. The molecule has 4 heteroatoms. The van der Waals surface area contributed by atoms with E-state index in [1.165, 1.54) is 18.6 Å². The molecule has 1 saturated heterocycles. The van der Waals surface area contributed by atoms with Gasteiger partial charge >= 0.3 is 0 Å². The molecule has 0 N–H and O–H groups in total. The molecule has 1 amide bonds. The van der Waals surface area contributed by atoms with Crippen LogP contribution in [-0.4, -0.2) is 36.1 Å². The van der Waals surface area contributed by atoms with E-state index in [1.807, 2.05) is 4.90 Å². The Hall–Kier alpha value is -1.42. The van der Waals surface area contributed by atoms with E-state index >= 15 is 0 Å². The number of nitrogens with zero attached hydrogens (tertiary/aromatic N) is 1. The summed E-state index contributed by atoms with van der Waals surface area (Å²) in [5, 5.41) is 0. The van der Waals surface area contributed by atoms with E-state index in [4.69, 9.17) is 4.74 Å². The third-order valence-corrected chi connectivity index (χ3v) is 4.06. The van der Waals surface area contributed by atoms with Gasteiger partial charge in [-0.2, -0.15) is 0 Å². The van der Waals surface area contributed by atoms with Gasteiger partial charge in [-0.1, -0.05) is 18.9 Å². The van der Waals surface area contributed by atoms with Crippen LogP contribution in [0.5, 0.6) is 0 Å². The van der Waals surface area contributed by atoms with Gasteiger partial charge in [-0.15, -0.1) is 0 Å². The van der Waals surface area contributed by atoms with Gasteiger partial charge in [-0.05, 0) is 31.0 Å². The fourth-order valence-electron chi connectivity index (χ4n) is 3.14. The number of carbonyl (C=O) groups is 1. The fourth-order valence-corrected chi connectivity index (χ4v) is 3.14. The minimum atomic E-state index is -0.362. The molecule has 1 aromatic carbocycles. The van der Waals surface area contributed by atoms with Crippen molar-refractivity contribution in [2.24, 2.45) is 0 Å². The van der Waals surface area contributed by atoms with E-state index < -0.39 is 0 Å². The lowest BCUT2D eigenvalue weighted by atomic mass is 9.89. The van der Waals surface area contributed by atoms with Gasteiger partial charge in [0.2, 0.25) is 0 Å². The Kier molecular flexibility index (Phi) is 3.51. The van der Waals surface area contributed by atoms with E-state index in [0.29, 0.717) is 18.7 Å². The molecule has 0 spiro atoms. The summed E-state index contributed by atoms with van der Waals surface area (Å²) in [5.41, 5.74) is 0.436. The van der Waals surface area contributed by atoms with Crippen molar-refractivity contribution in [2.45, 2.75) is 37.8 Å². The summed E-state index contributed by atoms with van der Waals surface area (Å²) >= 11 is 0. The molecule has 0 radical (unpaired) electrons. The Bertz CT molecular complexity index is 475. The highest BCUT2D eigenvalue weighted by Crippen LogP contribution is 2.29. The lowest BCUT2D eigenvalue weighted by molar-refractivity contribution is -0.0752. The molecule has 0 bridgehead atoms. The van der Waals surface area contributed by atoms with Crippen molar-refractivity contribution in [1.29, 1.82) is 0 Å². The van der Waals surface area contributed by atoms with E-state index in [2.05, 4.69) is 0 Å². The van der Waals surface area contributed by atoms with Crippen LogP contribution in [0, 0.1) is 5.82 Å². The van der Waals surface area contributed by atoms with Gasteiger partial charge < -0.3 is 9.64 Å². The SMILES string of the molecule is O=C(c1cccc(F)c1)N1CCO[C@H]2CCCC[C@H]21. The maximum Gasteiger partial charge on any atom is 0.254 e. The summed E-state index contributed by atoms with van der Waals surface area (Å²) in [6.07, 6.45) is 4.49. The van der Waals surface area contributed by atoms with E-state index in [9.17, 15) is 9.18 Å². The van der Waals surface area contributed by atoms with Crippen molar-refractivity contribution in [1.82, 2.24) is 4.90 Å². The summed E-state index contributed by atoms with van der Waals surface area (Å²) in [7, 11) is 0. The smallest absolute Gasteiger partial charge is 0.254 e. The predicted octanol–water partition coefficient (Wildman–Crippen LogP) is 2.61. The first-order valence-electron chi connectivity index (χ1n) is 6.94. The van der Waals surface area contributed by atoms with Crippen molar-refractivity contribution >= 4 is 5.91 Å². The molecular formula is C15H18FNO2. The normalized spacial score (nSPS) is 26.9. The van der Waals surface area contributed by atoms with Crippen molar-refractivity contribution in [3.63, 3.8) is 0 Å². The molecule has 1 aliphatic carbocycles. The zero-order valence-corrected chi connectivity index (χ0v) is 10.8. The third kappa shape index (κ3) is 2.50. The van der Waals surface area contributed by atoms with Gasteiger partial charge in [0.05, 0.1) is 18.8 Å². The Morgan fingerprint density at radius 1 is 1.32 bits per heavy atom. The highest BCUT2D eigenvalue weighted by atomic mass is 19.1. The number of carbonyl (C=O) groups excluding carboxylic acids is 1. The van der Waals surface area contributed by atoms with Crippen LogP contribution in [0.4, 0.5) is 4.39 Å². The van der Waals surface area contributed by atoms with Gasteiger partial charge in [0.25, 0.3) is 5.91 Å². The number of ether oxygens (including phenoxy) is 1. The summed E-state index contributed by atoms with van der Waals surface area (Å²) in [5.74, 6) is -0.431. The molecule has 1 aliphatic heterocycles. The third-order valence-electron chi connectivity index (χ3n) is 4.06. The molecule has 2 fully saturated rings. The van der Waals surface area contributed by atoms with Gasteiger partial charge in [0, 0.05) is 12.1 Å². The number of fused-ring (bicyclic) bond motifs is 1. The first-order valence-corrected chi connectivity index (χ1v) is 6.94. The Morgan fingerprint density at radius 2 is 2.16 bits per heavy atom. The van der Waals surface area contributed by atoms with Crippen LogP contribution >= 0.6 is 0 Å². The molecule has 3 nitrogen and oxygen atoms in total. The molecule has 2 aliphatic rings. The molecule has 19 heavy (non-hydrogen) atoms. The van der Waals surface area contributed by atoms with Crippen LogP contribution in [0.1, 0.15) is 36.0 Å². The summed E-state index contributed by atoms with van der Waals surface area (Å²) in [4.78, 5) is 14.4. The summed E-state index contributed by atoms with van der Waals surface area (Å²) in [6, 6.07) is 6.10. The number of hydrogen-bond donors (Lipinski definition) is 0. The maximum atomic E-state index is 13.2. The van der Waals surface area contributed by atoms with Gasteiger partial charge in [-0.3, -0.25) is 4.79 Å². The summed E-state index contributed by atoms with van der Waals surface area (Å²) < 4.78 is 19.0. The number of amides is 1. The zero-order valence-electron chi connectivity index (χ0n) is 10.8. The number of rotatable bonds is 1. The van der Waals surface area contributed by atoms with Crippen LogP contribution in [0.15, 0.2) is 24.3 Å². The number of hydrogen-bond acceptors (Lipinski definition) is 2. The predicted molar refractivity (Wildman–Crippen MR) is 69.4 cm³/mol. The minimum absolute atomic E-state index is 0.0697. The van der Waals surface area contributed by atoms with Gasteiger partial charge in [-0.25, -0.2) is 4.39 Å². The molecular weight excluding hydrogens is 245 g/mol. The van der Waals surface area contributed by atoms with Crippen molar-refractivity contribution in [2.75, 3.05) is 13.2 Å². The number of benzene rings is 1. The summed E-state index contributed by atoms with van der Waals surface area (Å²) in [6.45, 7) is 1.19. The van der Waals surface area contributed by atoms with Crippen molar-refractivity contribution in [3.8, 4) is 0 Å². The monoisotopic (exact) mass is 263 g/mol. The lowest BCUT2D eigenvalue weighted by Gasteiger charge is -2.43. The Labute approximate surface area is 112 Å². The van der Waals surface area contributed by atoms with E-state index in [0.717, 1.165) is 19.3 Å². The zero-order chi connectivity index (χ0) is 13.2. The first kappa shape index (κ1) is 12.6. The number of morpholine rings is 1. The average Bonchev–Trinajstić information content (AvgIpc) is 2.46. The van der Waals surface area contributed by atoms with Crippen LogP contribution in [-0.2, 0) is 4.74 Å². The molecule has 0 unspecified atom stereocenters. The van der Waals surface area contributed by atoms with Crippen molar-refractivity contribution in [3.05, 3.63) is 35.6 Å². The van der Waals surface area contributed by atoms with Crippen LogP contribution in [0.3, 0.4) is 0 Å². The first-order chi connectivity index (χ1) is 9.25. The van der Waals surface area contributed by atoms with Gasteiger partial charge in [0.1, 0.15) is 5.82 Å². The molecule has 1 saturated carbocycles. The highest BCUT2D eigenvalue weighted by molar-refractivity contribution is 5.94. The molecule has 2 atom stereocenters. The largest absolute Gasteiger partial charge is 0.374 e. The average molecular weight is 263 g/mol. The van der Waals surface area contributed by atoms with E-state index in [-0.39, 0.29) is 23.9 Å². The molecule has 0 aromatic heterocycles. The number of halogens is 1. The van der Waals surface area contributed by atoms with Crippen LogP contribution in [0.25, 0.3) is 0 Å². The van der Waals surface area contributed by atoms with Crippen LogP contribution < -0.4 is 0 Å². The van der Waals surface area contributed by atoms with Crippen LogP contribution in [0.2, 0.25) is 0 Å². The van der Waals surface area contributed by atoms with Crippen molar-refractivity contribution < 1.29 is 13.9 Å².